The van der Waals surface area contributed by atoms with Crippen molar-refractivity contribution >= 4 is 11.8 Å². The molecule has 2 heterocycles. The minimum atomic E-state index is -4.69. The first-order valence-corrected chi connectivity index (χ1v) is 7.77. The maximum Gasteiger partial charge on any atom is 0.471 e. The van der Waals surface area contributed by atoms with Crippen LogP contribution in [0.5, 0.6) is 0 Å². The summed E-state index contributed by atoms with van der Waals surface area (Å²) in [4.78, 5) is 29.8. The molecule has 1 aromatic heterocycles. The number of hydrogen-bond donors (Lipinski definition) is 0. The number of carbonyl (C=O) groups excluding carboxylic acids is 2. The van der Waals surface area contributed by atoms with Gasteiger partial charge in [0.05, 0.1) is 6.54 Å². The van der Waals surface area contributed by atoms with Crippen molar-refractivity contribution in [1.82, 2.24) is 19.9 Å². The highest BCUT2D eigenvalue weighted by atomic mass is 19.4. The molecule has 0 bridgehead atoms. The molecule has 0 unspecified atom stereocenters. The van der Waals surface area contributed by atoms with Gasteiger partial charge in [0, 0.05) is 32.1 Å². The van der Waals surface area contributed by atoms with Gasteiger partial charge in [-0.2, -0.15) is 18.2 Å². The van der Waals surface area contributed by atoms with Crippen LogP contribution in [0, 0.1) is 0 Å². The number of aromatic nitrogens is 2. The molecule has 1 saturated heterocycles. The van der Waals surface area contributed by atoms with Gasteiger partial charge in [-0.25, -0.2) is 0 Å². The molecule has 1 aliphatic rings. The summed E-state index contributed by atoms with van der Waals surface area (Å²) in [6.07, 6.45) is -4.69. The van der Waals surface area contributed by atoms with Crippen molar-refractivity contribution < 1.29 is 27.3 Å². The monoisotopic (exact) mass is 368 g/mol. The second kappa shape index (κ2) is 6.77. The van der Waals surface area contributed by atoms with Crippen LogP contribution in [0.1, 0.15) is 18.4 Å². The van der Waals surface area contributed by atoms with Gasteiger partial charge in [0.15, 0.2) is 0 Å². The minimum Gasteiger partial charge on any atom is -0.335 e. The zero-order valence-corrected chi connectivity index (χ0v) is 13.8. The predicted octanol–water partition coefficient (Wildman–Crippen LogP) is 1.95. The highest BCUT2D eigenvalue weighted by Gasteiger charge is 2.38. The molecule has 0 N–H and O–H groups in total. The Morgan fingerprint density at radius 1 is 1.23 bits per heavy atom. The minimum absolute atomic E-state index is 0.0521. The van der Waals surface area contributed by atoms with Gasteiger partial charge in [-0.3, -0.25) is 9.59 Å². The zero-order valence-electron chi connectivity index (χ0n) is 13.8. The molecule has 0 aliphatic carbocycles. The summed E-state index contributed by atoms with van der Waals surface area (Å²) in [5.74, 6) is -1.84. The SMILES string of the molecule is CC(=O)N1CCN(Cc2ccc(-c3noc(C(F)(F)F)n3)cc2)C(=O)C1. The Kier molecular flexibility index (Phi) is 4.66. The third kappa shape index (κ3) is 3.84. The summed E-state index contributed by atoms with van der Waals surface area (Å²) in [5.41, 5.74) is 1.18. The largest absolute Gasteiger partial charge is 0.471 e. The Balaban J connectivity index is 1.66. The van der Waals surface area contributed by atoms with E-state index in [1.165, 1.54) is 11.8 Å². The van der Waals surface area contributed by atoms with E-state index in [0.29, 0.717) is 25.2 Å². The number of hydrogen-bond acceptors (Lipinski definition) is 5. The van der Waals surface area contributed by atoms with Crippen LogP contribution >= 0.6 is 0 Å². The number of alkyl halides is 3. The van der Waals surface area contributed by atoms with Crippen molar-refractivity contribution in [3.63, 3.8) is 0 Å². The van der Waals surface area contributed by atoms with Crippen molar-refractivity contribution in [2.45, 2.75) is 19.6 Å². The molecular weight excluding hydrogens is 353 g/mol. The van der Waals surface area contributed by atoms with Crippen LogP contribution < -0.4 is 0 Å². The van der Waals surface area contributed by atoms with Gasteiger partial charge in [0.1, 0.15) is 0 Å². The fourth-order valence-electron chi connectivity index (χ4n) is 2.58. The zero-order chi connectivity index (χ0) is 18.9. The molecule has 1 aromatic carbocycles. The van der Waals surface area contributed by atoms with Gasteiger partial charge in [-0.1, -0.05) is 29.4 Å². The molecular formula is C16H15F3N4O3. The average Bonchev–Trinajstić information content (AvgIpc) is 3.07. The lowest BCUT2D eigenvalue weighted by Crippen LogP contribution is -2.51. The molecule has 26 heavy (non-hydrogen) atoms. The van der Waals surface area contributed by atoms with Crippen LogP contribution in [0.2, 0.25) is 0 Å². The van der Waals surface area contributed by atoms with E-state index < -0.39 is 12.1 Å². The second-order valence-corrected chi connectivity index (χ2v) is 5.87. The number of amides is 2. The fraction of sp³-hybridized carbons (Fsp3) is 0.375. The van der Waals surface area contributed by atoms with Crippen LogP contribution in [0.3, 0.4) is 0 Å². The number of benzene rings is 1. The molecule has 3 rings (SSSR count). The lowest BCUT2D eigenvalue weighted by atomic mass is 10.1. The maximum atomic E-state index is 12.5. The third-order valence-electron chi connectivity index (χ3n) is 4.02. The summed E-state index contributed by atoms with van der Waals surface area (Å²) < 4.78 is 41.7. The van der Waals surface area contributed by atoms with Gasteiger partial charge >= 0.3 is 12.1 Å². The number of carbonyl (C=O) groups is 2. The molecule has 2 amide bonds. The standard InChI is InChI=1S/C16H15F3N4O3/c1-10(24)22-6-7-23(13(25)9-22)8-11-2-4-12(5-3-11)14-20-15(26-21-14)16(17,18)19/h2-5H,6-9H2,1H3. The lowest BCUT2D eigenvalue weighted by Gasteiger charge is -2.33. The van der Waals surface area contributed by atoms with E-state index in [0.717, 1.165) is 5.56 Å². The Bertz CT molecular complexity index is 817. The van der Waals surface area contributed by atoms with Crippen molar-refractivity contribution in [3.05, 3.63) is 35.7 Å². The Morgan fingerprint density at radius 2 is 1.92 bits per heavy atom. The molecule has 0 radical (unpaired) electrons. The lowest BCUT2D eigenvalue weighted by molar-refractivity contribution is -0.159. The van der Waals surface area contributed by atoms with Gasteiger partial charge in [-0.05, 0) is 5.56 Å². The van der Waals surface area contributed by atoms with Gasteiger partial charge in [0.25, 0.3) is 0 Å². The van der Waals surface area contributed by atoms with E-state index >= 15 is 0 Å². The van der Waals surface area contributed by atoms with E-state index in [2.05, 4.69) is 14.7 Å². The van der Waals surface area contributed by atoms with E-state index in [4.69, 9.17) is 0 Å². The predicted molar refractivity (Wildman–Crippen MR) is 82.4 cm³/mol. The van der Waals surface area contributed by atoms with Gasteiger partial charge in [-0.15, -0.1) is 0 Å². The number of piperazine rings is 1. The van der Waals surface area contributed by atoms with Gasteiger partial charge < -0.3 is 14.3 Å². The summed E-state index contributed by atoms with van der Waals surface area (Å²) in [6.45, 7) is 2.73. The van der Waals surface area contributed by atoms with Crippen LogP contribution in [0.4, 0.5) is 13.2 Å². The molecule has 1 fully saturated rings. The van der Waals surface area contributed by atoms with E-state index in [1.807, 2.05) is 0 Å². The van der Waals surface area contributed by atoms with E-state index in [1.54, 1.807) is 29.2 Å². The van der Waals surface area contributed by atoms with Crippen molar-refractivity contribution in [2.75, 3.05) is 19.6 Å². The Morgan fingerprint density at radius 3 is 2.46 bits per heavy atom. The Hall–Kier alpha value is -2.91. The summed E-state index contributed by atoms with van der Waals surface area (Å²) in [5, 5.41) is 3.33. The molecule has 2 aromatic rings. The van der Waals surface area contributed by atoms with E-state index in [9.17, 15) is 22.8 Å². The summed E-state index contributed by atoms with van der Waals surface area (Å²) >= 11 is 0. The first-order valence-electron chi connectivity index (χ1n) is 7.77. The highest BCUT2D eigenvalue weighted by molar-refractivity contribution is 5.85. The topological polar surface area (TPSA) is 79.5 Å². The molecule has 10 heteroatoms. The van der Waals surface area contributed by atoms with Crippen molar-refractivity contribution in [2.24, 2.45) is 0 Å². The van der Waals surface area contributed by atoms with Crippen LogP contribution in [-0.2, 0) is 22.3 Å². The van der Waals surface area contributed by atoms with Crippen LogP contribution in [-0.4, -0.2) is 51.4 Å². The fourth-order valence-corrected chi connectivity index (χ4v) is 2.58. The molecule has 0 atom stereocenters. The van der Waals surface area contributed by atoms with Crippen LogP contribution in [0.25, 0.3) is 11.4 Å². The van der Waals surface area contributed by atoms with E-state index in [-0.39, 0.29) is 24.2 Å². The van der Waals surface area contributed by atoms with Crippen molar-refractivity contribution in [1.29, 1.82) is 0 Å². The second-order valence-electron chi connectivity index (χ2n) is 5.87. The molecule has 0 saturated carbocycles. The summed E-state index contributed by atoms with van der Waals surface area (Å²) in [7, 11) is 0. The summed E-state index contributed by atoms with van der Waals surface area (Å²) in [6, 6.07) is 6.50. The van der Waals surface area contributed by atoms with Gasteiger partial charge in [0.2, 0.25) is 17.6 Å². The number of halogens is 3. The molecule has 7 nitrogen and oxygen atoms in total. The van der Waals surface area contributed by atoms with Crippen molar-refractivity contribution in [3.8, 4) is 11.4 Å². The average molecular weight is 368 g/mol. The first-order chi connectivity index (χ1) is 12.2. The quantitative estimate of drug-likeness (QED) is 0.827. The first kappa shape index (κ1) is 17.9. The number of nitrogens with zero attached hydrogens (tertiary/aromatic N) is 4. The number of rotatable bonds is 3. The normalized spacial score (nSPS) is 15.5. The highest BCUT2D eigenvalue weighted by Crippen LogP contribution is 2.29. The maximum absolute atomic E-state index is 12.5. The smallest absolute Gasteiger partial charge is 0.335 e. The third-order valence-corrected chi connectivity index (χ3v) is 4.02. The molecule has 138 valence electrons. The van der Waals surface area contributed by atoms with Crippen LogP contribution in [0.15, 0.2) is 28.8 Å². The molecule has 1 aliphatic heterocycles. The Labute approximate surface area is 146 Å². The molecule has 0 spiro atoms.